The summed E-state index contributed by atoms with van der Waals surface area (Å²) in [7, 11) is 1.38. The molecule has 7 heteroatoms. The summed E-state index contributed by atoms with van der Waals surface area (Å²) in [4.78, 5) is 10.9. The number of esters is 1. The summed E-state index contributed by atoms with van der Waals surface area (Å²) in [5.41, 5.74) is 1.02. The van der Waals surface area contributed by atoms with Gasteiger partial charge >= 0.3 is 5.97 Å². The number of hydrogen-bond donors (Lipinski definition) is 2. The Bertz CT molecular complexity index is 498. The van der Waals surface area contributed by atoms with E-state index in [-0.39, 0.29) is 5.97 Å². The van der Waals surface area contributed by atoms with Crippen molar-refractivity contribution in [1.82, 2.24) is 10.6 Å². The summed E-state index contributed by atoms with van der Waals surface area (Å²) in [6.45, 7) is 1.30. The largest absolute Gasteiger partial charge is 0.469 e. The van der Waals surface area contributed by atoms with Crippen molar-refractivity contribution >= 4 is 46.5 Å². The van der Waals surface area contributed by atoms with Gasteiger partial charge in [-0.3, -0.25) is 4.79 Å². The minimum Gasteiger partial charge on any atom is -0.469 e. The standard InChI is InChI=1S/C14H18Cl2N2O2S/c1-20-13(19)3-2-7-17-14(21)18-8-6-10-4-5-11(15)9-12(10)16/h4-5,9H,2-3,6-8H2,1H3,(H2,17,18,21). The fraction of sp³-hybridized carbons (Fsp3) is 0.429. The van der Waals surface area contributed by atoms with E-state index in [0.717, 1.165) is 12.0 Å². The molecular formula is C14H18Cl2N2O2S. The van der Waals surface area contributed by atoms with Crippen molar-refractivity contribution in [1.29, 1.82) is 0 Å². The van der Waals surface area contributed by atoms with Gasteiger partial charge < -0.3 is 15.4 Å². The molecule has 0 amide bonds. The predicted octanol–water partition coefficient (Wildman–Crippen LogP) is 2.95. The molecule has 0 unspecified atom stereocenters. The molecule has 0 aliphatic carbocycles. The maximum absolute atomic E-state index is 10.9. The minimum atomic E-state index is -0.215. The van der Waals surface area contributed by atoms with Crippen molar-refractivity contribution in [2.24, 2.45) is 0 Å². The summed E-state index contributed by atoms with van der Waals surface area (Å²) in [5, 5.41) is 7.96. The first kappa shape index (κ1) is 18.0. The van der Waals surface area contributed by atoms with Gasteiger partial charge in [-0.1, -0.05) is 29.3 Å². The Labute approximate surface area is 140 Å². The Morgan fingerprint density at radius 3 is 2.67 bits per heavy atom. The number of carbonyl (C=O) groups excluding carboxylic acids is 1. The third-order valence-electron chi connectivity index (χ3n) is 2.77. The molecule has 21 heavy (non-hydrogen) atoms. The van der Waals surface area contributed by atoms with Crippen LogP contribution in [0, 0.1) is 0 Å². The molecule has 0 aliphatic rings. The van der Waals surface area contributed by atoms with Crippen LogP contribution < -0.4 is 10.6 Å². The zero-order valence-corrected chi connectivity index (χ0v) is 14.1. The average Bonchev–Trinajstić information content (AvgIpc) is 2.45. The van der Waals surface area contributed by atoms with Gasteiger partial charge in [0, 0.05) is 29.6 Å². The van der Waals surface area contributed by atoms with E-state index in [2.05, 4.69) is 15.4 Å². The smallest absolute Gasteiger partial charge is 0.305 e. The number of methoxy groups -OCH3 is 1. The topological polar surface area (TPSA) is 50.4 Å². The van der Waals surface area contributed by atoms with Gasteiger partial charge in [0.15, 0.2) is 5.11 Å². The van der Waals surface area contributed by atoms with Crippen LogP contribution in [0.5, 0.6) is 0 Å². The SMILES string of the molecule is COC(=O)CCCNC(=S)NCCc1ccc(Cl)cc1Cl. The molecule has 2 N–H and O–H groups in total. The molecule has 0 fully saturated rings. The van der Waals surface area contributed by atoms with E-state index in [9.17, 15) is 4.79 Å². The lowest BCUT2D eigenvalue weighted by Gasteiger charge is -2.11. The zero-order valence-electron chi connectivity index (χ0n) is 11.7. The maximum atomic E-state index is 10.9. The average molecular weight is 349 g/mol. The van der Waals surface area contributed by atoms with Crippen LogP contribution in [0.15, 0.2) is 18.2 Å². The van der Waals surface area contributed by atoms with Gasteiger partial charge in [0.1, 0.15) is 0 Å². The molecule has 0 bridgehead atoms. The second-order valence-corrected chi connectivity index (χ2v) is 5.60. The Hall–Kier alpha value is -1.04. The highest BCUT2D eigenvalue weighted by Crippen LogP contribution is 2.20. The van der Waals surface area contributed by atoms with E-state index in [1.54, 1.807) is 6.07 Å². The summed E-state index contributed by atoms with van der Waals surface area (Å²) in [6.07, 6.45) is 1.81. The van der Waals surface area contributed by atoms with Crippen LogP contribution in [0.3, 0.4) is 0 Å². The third-order valence-corrected chi connectivity index (χ3v) is 3.64. The second kappa shape index (κ2) is 9.82. The summed E-state index contributed by atoms with van der Waals surface area (Å²) >= 11 is 17.1. The van der Waals surface area contributed by atoms with E-state index >= 15 is 0 Å². The minimum absolute atomic E-state index is 0.215. The molecule has 0 radical (unpaired) electrons. The fourth-order valence-electron chi connectivity index (χ4n) is 1.63. The lowest BCUT2D eigenvalue weighted by Crippen LogP contribution is -2.37. The number of carbonyl (C=O) groups is 1. The van der Waals surface area contributed by atoms with Crippen LogP contribution >= 0.6 is 35.4 Å². The number of halogens is 2. The molecule has 0 saturated heterocycles. The van der Waals surface area contributed by atoms with Crippen LogP contribution in [-0.4, -0.2) is 31.3 Å². The van der Waals surface area contributed by atoms with Gasteiger partial charge in [-0.15, -0.1) is 0 Å². The summed E-state index contributed by atoms with van der Waals surface area (Å²) < 4.78 is 4.55. The van der Waals surface area contributed by atoms with E-state index in [1.807, 2.05) is 12.1 Å². The van der Waals surface area contributed by atoms with Crippen LogP contribution in [0.2, 0.25) is 10.0 Å². The quantitative estimate of drug-likeness (QED) is 0.450. The molecule has 0 aliphatic heterocycles. The van der Waals surface area contributed by atoms with Crippen LogP contribution in [0.4, 0.5) is 0 Å². The van der Waals surface area contributed by atoms with Crippen molar-refractivity contribution in [3.63, 3.8) is 0 Å². The van der Waals surface area contributed by atoms with Gasteiger partial charge in [-0.25, -0.2) is 0 Å². The first-order chi connectivity index (χ1) is 10.0. The first-order valence-corrected chi connectivity index (χ1v) is 7.72. The van der Waals surface area contributed by atoms with Crippen molar-refractivity contribution in [3.8, 4) is 0 Å². The Morgan fingerprint density at radius 1 is 1.29 bits per heavy atom. The number of hydrogen-bond acceptors (Lipinski definition) is 3. The molecule has 1 aromatic rings. The number of rotatable bonds is 7. The fourth-order valence-corrected chi connectivity index (χ4v) is 2.34. The van der Waals surface area contributed by atoms with Crippen molar-refractivity contribution in [2.45, 2.75) is 19.3 Å². The molecule has 0 atom stereocenters. The molecule has 0 spiro atoms. The molecule has 0 heterocycles. The Balaban J connectivity index is 2.17. The van der Waals surface area contributed by atoms with E-state index in [0.29, 0.717) is 41.1 Å². The second-order valence-electron chi connectivity index (χ2n) is 4.35. The highest BCUT2D eigenvalue weighted by Gasteiger charge is 2.03. The number of nitrogens with one attached hydrogen (secondary N) is 2. The van der Waals surface area contributed by atoms with Crippen LogP contribution in [-0.2, 0) is 16.0 Å². The molecule has 0 aromatic heterocycles. The van der Waals surface area contributed by atoms with Gasteiger partial charge in [0.05, 0.1) is 7.11 Å². The third kappa shape index (κ3) is 7.50. The van der Waals surface area contributed by atoms with E-state index in [1.165, 1.54) is 7.11 Å². The normalized spacial score (nSPS) is 10.0. The Kier molecular flexibility index (Phi) is 8.42. The van der Waals surface area contributed by atoms with E-state index in [4.69, 9.17) is 35.4 Å². The summed E-state index contributed by atoms with van der Waals surface area (Å²) in [6, 6.07) is 5.44. The van der Waals surface area contributed by atoms with Crippen LogP contribution in [0.1, 0.15) is 18.4 Å². The van der Waals surface area contributed by atoms with Gasteiger partial charge in [0.2, 0.25) is 0 Å². The van der Waals surface area contributed by atoms with Crippen molar-refractivity contribution in [2.75, 3.05) is 20.2 Å². The number of thiocarbonyl (C=S) groups is 1. The summed E-state index contributed by atoms with van der Waals surface area (Å²) in [5.74, 6) is -0.215. The highest BCUT2D eigenvalue weighted by molar-refractivity contribution is 7.80. The maximum Gasteiger partial charge on any atom is 0.305 e. The molecular weight excluding hydrogens is 331 g/mol. The molecule has 0 saturated carbocycles. The monoisotopic (exact) mass is 348 g/mol. The lowest BCUT2D eigenvalue weighted by atomic mass is 10.1. The van der Waals surface area contributed by atoms with Crippen LogP contribution in [0.25, 0.3) is 0 Å². The number of ether oxygens (including phenoxy) is 1. The van der Waals surface area contributed by atoms with Crippen molar-refractivity contribution < 1.29 is 9.53 Å². The molecule has 4 nitrogen and oxygen atoms in total. The molecule has 116 valence electrons. The first-order valence-electron chi connectivity index (χ1n) is 6.55. The highest BCUT2D eigenvalue weighted by atomic mass is 35.5. The lowest BCUT2D eigenvalue weighted by molar-refractivity contribution is -0.140. The number of benzene rings is 1. The van der Waals surface area contributed by atoms with Crippen molar-refractivity contribution in [3.05, 3.63) is 33.8 Å². The van der Waals surface area contributed by atoms with Gasteiger partial charge in [-0.05, 0) is 42.8 Å². The molecule has 1 rings (SSSR count). The molecule has 1 aromatic carbocycles. The van der Waals surface area contributed by atoms with Gasteiger partial charge in [0.25, 0.3) is 0 Å². The zero-order chi connectivity index (χ0) is 15.7. The predicted molar refractivity (Wildman–Crippen MR) is 90.0 cm³/mol. The van der Waals surface area contributed by atoms with Gasteiger partial charge in [-0.2, -0.15) is 0 Å². The van der Waals surface area contributed by atoms with E-state index < -0.39 is 0 Å². The Morgan fingerprint density at radius 2 is 2.00 bits per heavy atom.